The second-order valence-electron chi connectivity index (χ2n) is 11.3. The Bertz CT molecular complexity index is 2390. The molecule has 0 spiro atoms. The number of para-hydroxylation sites is 1. The van der Waals surface area contributed by atoms with Crippen LogP contribution in [0.25, 0.3) is 61.4 Å². The SMILES string of the molecule is O=P1(c2ccccc2)c2ccccc2-c2ccc3c(c21)c1ccccc1n3-c1nc(-c2ccccc2)cc(-c2ccccc2)n1. The minimum Gasteiger partial charge on any atom is -0.309 e. The standard InChI is InChI=1S/C40H26N3OP/c44-45(29-18-8-3-9-19-29)37-23-13-11-20-30(37)31-24-25-36-38(39(31)45)32-21-10-12-22-35(32)43(36)40-41-33(27-14-4-1-5-15-27)26-34(42-40)28-16-6-2-7-17-28/h1-26H. The first kappa shape index (κ1) is 25.9. The maximum atomic E-state index is 15.7. The van der Waals surface area contributed by atoms with Crippen LogP contribution in [0.3, 0.4) is 0 Å². The van der Waals surface area contributed by atoms with Crippen LogP contribution in [-0.2, 0) is 4.57 Å². The van der Waals surface area contributed by atoms with Crippen molar-refractivity contribution in [2.24, 2.45) is 0 Å². The molecule has 0 saturated heterocycles. The topological polar surface area (TPSA) is 47.8 Å². The molecule has 5 heteroatoms. The van der Waals surface area contributed by atoms with Crippen molar-refractivity contribution in [3.8, 4) is 39.6 Å². The molecule has 4 nitrogen and oxygen atoms in total. The van der Waals surface area contributed by atoms with Gasteiger partial charge in [-0.05, 0) is 29.3 Å². The van der Waals surface area contributed by atoms with Crippen molar-refractivity contribution in [1.82, 2.24) is 14.5 Å². The number of hydrogen-bond donors (Lipinski definition) is 0. The summed E-state index contributed by atoms with van der Waals surface area (Å²) in [6.45, 7) is 0. The maximum absolute atomic E-state index is 15.7. The van der Waals surface area contributed by atoms with E-state index in [1.54, 1.807) is 0 Å². The quantitative estimate of drug-likeness (QED) is 0.192. The van der Waals surface area contributed by atoms with E-state index in [2.05, 4.69) is 71.3 Å². The maximum Gasteiger partial charge on any atom is 0.235 e. The number of benzene rings is 6. The number of nitrogens with zero attached hydrogens (tertiary/aromatic N) is 3. The van der Waals surface area contributed by atoms with Gasteiger partial charge in [0.1, 0.15) is 0 Å². The molecule has 8 aromatic rings. The lowest BCUT2D eigenvalue weighted by Crippen LogP contribution is -2.21. The third-order valence-electron chi connectivity index (χ3n) is 8.83. The first-order valence-electron chi connectivity index (χ1n) is 15.0. The molecule has 0 bridgehead atoms. The van der Waals surface area contributed by atoms with E-state index in [1.165, 1.54) is 0 Å². The molecule has 212 valence electrons. The predicted octanol–water partition coefficient (Wildman–Crippen LogP) is 8.53. The van der Waals surface area contributed by atoms with Gasteiger partial charge < -0.3 is 4.57 Å². The highest BCUT2D eigenvalue weighted by Gasteiger charge is 2.42. The van der Waals surface area contributed by atoms with E-state index in [9.17, 15) is 0 Å². The number of fused-ring (bicyclic) bond motifs is 7. The fourth-order valence-corrected chi connectivity index (χ4v) is 10.1. The van der Waals surface area contributed by atoms with Gasteiger partial charge in [0.15, 0.2) is 7.14 Å². The second kappa shape index (κ2) is 9.99. The fraction of sp³-hybridized carbons (Fsp3) is 0. The summed E-state index contributed by atoms with van der Waals surface area (Å²) in [7, 11) is -3.20. The van der Waals surface area contributed by atoms with E-state index in [-0.39, 0.29) is 0 Å². The molecule has 1 atom stereocenters. The fourth-order valence-electron chi connectivity index (χ4n) is 6.85. The summed E-state index contributed by atoms with van der Waals surface area (Å²) >= 11 is 0. The predicted molar refractivity (Wildman–Crippen MR) is 186 cm³/mol. The van der Waals surface area contributed by atoms with Crippen molar-refractivity contribution < 1.29 is 4.57 Å². The largest absolute Gasteiger partial charge is 0.309 e. The van der Waals surface area contributed by atoms with Crippen molar-refractivity contribution in [3.63, 3.8) is 0 Å². The van der Waals surface area contributed by atoms with E-state index in [1.807, 2.05) is 91.0 Å². The smallest absolute Gasteiger partial charge is 0.235 e. The van der Waals surface area contributed by atoms with Gasteiger partial charge in [-0.15, -0.1) is 0 Å². The molecule has 2 aromatic heterocycles. The Balaban J connectivity index is 1.40. The Morgan fingerprint density at radius 3 is 1.78 bits per heavy atom. The Kier molecular flexibility index (Phi) is 5.74. The molecule has 0 radical (unpaired) electrons. The summed E-state index contributed by atoms with van der Waals surface area (Å²) < 4.78 is 17.8. The van der Waals surface area contributed by atoms with Crippen LogP contribution in [0, 0.1) is 0 Å². The molecule has 0 aliphatic carbocycles. The molecule has 0 N–H and O–H groups in total. The number of hydrogen-bond acceptors (Lipinski definition) is 3. The molecule has 9 rings (SSSR count). The Morgan fingerprint density at radius 2 is 1.09 bits per heavy atom. The minimum atomic E-state index is -3.20. The summed E-state index contributed by atoms with van der Waals surface area (Å²) in [6.07, 6.45) is 0. The first-order chi connectivity index (χ1) is 22.2. The van der Waals surface area contributed by atoms with Gasteiger partial charge >= 0.3 is 0 Å². The molecule has 3 heterocycles. The molecular formula is C40H26N3OP. The first-order valence-corrected chi connectivity index (χ1v) is 16.8. The van der Waals surface area contributed by atoms with E-state index in [0.717, 1.165) is 71.4 Å². The van der Waals surface area contributed by atoms with Crippen molar-refractivity contribution in [1.29, 1.82) is 0 Å². The molecule has 45 heavy (non-hydrogen) atoms. The van der Waals surface area contributed by atoms with Gasteiger partial charge in [-0.1, -0.05) is 140 Å². The van der Waals surface area contributed by atoms with Gasteiger partial charge in [-0.3, -0.25) is 4.57 Å². The molecule has 0 amide bonds. The van der Waals surface area contributed by atoms with Crippen LogP contribution in [0.5, 0.6) is 0 Å². The zero-order valence-electron chi connectivity index (χ0n) is 24.2. The van der Waals surface area contributed by atoms with E-state index in [0.29, 0.717) is 5.95 Å². The van der Waals surface area contributed by atoms with Crippen LogP contribution < -0.4 is 15.9 Å². The van der Waals surface area contributed by atoms with Crippen molar-refractivity contribution in [2.45, 2.75) is 0 Å². The lowest BCUT2D eigenvalue weighted by Gasteiger charge is -2.17. The van der Waals surface area contributed by atoms with Gasteiger partial charge in [-0.2, -0.15) is 0 Å². The van der Waals surface area contributed by atoms with Gasteiger partial charge in [0, 0.05) is 37.8 Å². The van der Waals surface area contributed by atoms with Crippen LogP contribution in [0.15, 0.2) is 158 Å². The highest BCUT2D eigenvalue weighted by Crippen LogP contribution is 2.55. The zero-order chi connectivity index (χ0) is 30.0. The average molecular weight is 596 g/mol. The van der Waals surface area contributed by atoms with Crippen molar-refractivity contribution >= 4 is 44.9 Å². The summed E-state index contributed by atoms with van der Waals surface area (Å²) in [6, 6.07) is 53.2. The molecule has 1 aliphatic heterocycles. The third-order valence-corrected chi connectivity index (χ3v) is 12.0. The highest BCUT2D eigenvalue weighted by molar-refractivity contribution is 7.86. The Hall–Kier alpha value is -5.57. The second-order valence-corrected chi connectivity index (χ2v) is 14.0. The Morgan fingerprint density at radius 1 is 0.511 bits per heavy atom. The normalized spacial score (nSPS) is 15.3. The van der Waals surface area contributed by atoms with E-state index >= 15 is 4.57 Å². The molecule has 1 aliphatic rings. The van der Waals surface area contributed by atoms with Gasteiger partial charge in [-0.25, -0.2) is 9.97 Å². The van der Waals surface area contributed by atoms with Crippen molar-refractivity contribution in [2.75, 3.05) is 0 Å². The minimum absolute atomic E-state index is 0.575. The van der Waals surface area contributed by atoms with Crippen LogP contribution in [0.2, 0.25) is 0 Å². The molecular weight excluding hydrogens is 569 g/mol. The van der Waals surface area contributed by atoms with E-state index < -0.39 is 7.14 Å². The average Bonchev–Trinajstić information content (AvgIpc) is 3.59. The molecule has 0 saturated carbocycles. The monoisotopic (exact) mass is 595 g/mol. The molecule has 6 aromatic carbocycles. The van der Waals surface area contributed by atoms with Crippen LogP contribution >= 0.6 is 7.14 Å². The van der Waals surface area contributed by atoms with Gasteiger partial charge in [0.25, 0.3) is 0 Å². The van der Waals surface area contributed by atoms with Gasteiger partial charge in [0.2, 0.25) is 5.95 Å². The number of rotatable bonds is 4. The van der Waals surface area contributed by atoms with Crippen LogP contribution in [-0.4, -0.2) is 14.5 Å². The summed E-state index contributed by atoms with van der Waals surface area (Å²) in [5, 5.41) is 4.65. The summed E-state index contributed by atoms with van der Waals surface area (Å²) in [4.78, 5) is 10.4. The summed E-state index contributed by atoms with van der Waals surface area (Å²) in [5.74, 6) is 0.575. The van der Waals surface area contributed by atoms with E-state index in [4.69, 9.17) is 9.97 Å². The summed E-state index contributed by atoms with van der Waals surface area (Å²) in [5.41, 5.74) is 7.68. The highest BCUT2D eigenvalue weighted by atomic mass is 31.2. The third kappa shape index (κ3) is 3.83. The van der Waals surface area contributed by atoms with Crippen LogP contribution in [0.1, 0.15) is 0 Å². The molecule has 1 unspecified atom stereocenters. The molecule has 0 fully saturated rings. The lowest BCUT2D eigenvalue weighted by atomic mass is 10.0. The number of aromatic nitrogens is 3. The Labute approximate surface area is 260 Å². The zero-order valence-corrected chi connectivity index (χ0v) is 25.1. The van der Waals surface area contributed by atoms with Gasteiger partial charge in [0.05, 0.1) is 22.4 Å². The van der Waals surface area contributed by atoms with Crippen molar-refractivity contribution in [3.05, 3.63) is 158 Å². The van der Waals surface area contributed by atoms with Crippen LogP contribution in [0.4, 0.5) is 0 Å². The lowest BCUT2D eigenvalue weighted by molar-refractivity contribution is 0.593.